The first-order valence-corrected chi connectivity index (χ1v) is 5.88. The number of hydrogen-bond acceptors (Lipinski definition) is 4. The summed E-state index contributed by atoms with van der Waals surface area (Å²) in [5, 5.41) is 11.6. The van der Waals surface area contributed by atoms with Crippen LogP contribution in [0.25, 0.3) is 0 Å². The van der Waals surface area contributed by atoms with Crippen LogP contribution in [0, 0.1) is 16.7 Å². The first-order valence-electron chi connectivity index (χ1n) is 5.88. The number of carbonyl (C=O) groups excluding carboxylic acids is 1. The van der Waals surface area contributed by atoms with Gasteiger partial charge in [-0.2, -0.15) is 5.26 Å². The summed E-state index contributed by atoms with van der Waals surface area (Å²) in [6.07, 6.45) is 0.511. The molecule has 0 aromatic rings. The van der Waals surface area contributed by atoms with Gasteiger partial charge in [0.2, 0.25) is 5.91 Å². The van der Waals surface area contributed by atoms with E-state index in [4.69, 9.17) is 10.00 Å². The lowest BCUT2D eigenvalue weighted by Gasteiger charge is -2.18. The number of nitrogens with one attached hydrogen (secondary N) is 1. The van der Waals surface area contributed by atoms with Gasteiger partial charge in [-0.15, -0.1) is 0 Å². The van der Waals surface area contributed by atoms with Crippen molar-refractivity contribution < 1.29 is 9.53 Å². The Bertz CT molecular complexity index is 273. The Morgan fingerprint density at radius 1 is 1.47 bits per heavy atom. The lowest BCUT2D eigenvalue weighted by molar-refractivity contribution is -0.127. The van der Waals surface area contributed by atoms with E-state index in [9.17, 15) is 4.79 Å². The molecule has 0 radical (unpaired) electrons. The van der Waals surface area contributed by atoms with Gasteiger partial charge in [0.25, 0.3) is 0 Å². The highest BCUT2D eigenvalue weighted by molar-refractivity contribution is 5.84. The molecule has 0 heterocycles. The number of nitriles is 1. The van der Waals surface area contributed by atoms with E-state index < -0.39 is 5.41 Å². The van der Waals surface area contributed by atoms with Crippen LogP contribution < -0.4 is 5.32 Å². The lowest BCUT2D eigenvalue weighted by Crippen LogP contribution is -2.39. The van der Waals surface area contributed by atoms with Gasteiger partial charge in [0.05, 0.1) is 19.3 Å². The number of carbonyl (C=O) groups is 1. The van der Waals surface area contributed by atoms with Crippen molar-refractivity contribution in [3.8, 4) is 6.07 Å². The predicted octanol–water partition coefficient (Wildman–Crippen LogP) is 0.621. The van der Waals surface area contributed by atoms with E-state index in [1.165, 1.54) is 0 Å². The molecule has 1 amide bonds. The average Bonchev–Trinajstić information content (AvgIpc) is 2.31. The van der Waals surface area contributed by atoms with Crippen molar-refractivity contribution in [3.05, 3.63) is 0 Å². The molecule has 5 heteroatoms. The Labute approximate surface area is 104 Å². The van der Waals surface area contributed by atoms with Crippen LogP contribution in [0.1, 0.15) is 20.3 Å². The van der Waals surface area contributed by atoms with E-state index in [0.717, 1.165) is 6.54 Å². The topological polar surface area (TPSA) is 65.4 Å². The zero-order valence-corrected chi connectivity index (χ0v) is 11.2. The summed E-state index contributed by atoms with van der Waals surface area (Å²) >= 11 is 0. The molecule has 98 valence electrons. The molecule has 0 spiro atoms. The van der Waals surface area contributed by atoms with Crippen molar-refractivity contribution in [3.63, 3.8) is 0 Å². The quantitative estimate of drug-likeness (QED) is 0.633. The Morgan fingerprint density at radius 2 is 2.12 bits per heavy atom. The van der Waals surface area contributed by atoms with Crippen LogP contribution >= 0.6 is 0 Å². The van der Waals surface area contributed by atoms with E-state index in [1.54, 1.807) is 6.92 Å². The fourth-order valence-electron chi connectivity index (χ4n) is 1.07. The smallest absolute Gasteiger partial charge is 0.240 e. The van der Waals surface area contributed by atoms with E-state index >= 15 is 0 Å². The minimum Gasteiger partial charge on any atom is -0.378 e. The van der Waals surface area contributed by atoms with Crippen LogP contribution in [0.2, 0.25) is 0 Å². The summed E-state index contributed by atoms with van der Waals surface area (Å²) in [4.78, 5) is 13.7. The van der Waals surface area contributed by atoms with Gasteiger partial charge in [-0.3, -0.25) is 4.79 Å². The third-order valence-corrected chi connectivity index (χ3v) is 2.67. The van der Waals surface area contributed by atoms with Gasteiger partial charge in [0, 0.05) is 13.1 Å². The van der Waals surface area contributed by atoms with Gasteiger partial charge in [0.1, 0.15) is 5.41 Å². The number of ether oxygens (including phenoxy) is 1. The van der Waals surface area contributed by atoms with Crippen molar-refractivity contribution in [2.45, 2.75) is 20.3 Å². The van der Waals surface area contributed by atoms with Gasteiger partial charge >= 0.3 is 0 Å². The van der Waals surface area contributed by atoms with Gasteiger partial charge in [-0.05, 0) is 27.4 Å². The molecular weight excluding hydrogens is 218 g/mol. The standard InChI is InChI=1S/C12H23N3O2/c1-5-12(2,10-13)11(16)14-6-8-17-9-7-15(3)4/h5-9H2,1-4H3,(H,14,16). The molecule has 0 rings (SSSR count). The van der Waals surface area contributed by atoms with Crippen molar-refractivity contribution in [2.75, 3.05) is 40.4 Å². The third kappa shape index (κ3) is 6.25. The van der Waals surface area contributed by atoms with Crippen LogP contribution in [-0.4, -0.2) is 51.2 Å². The van der Waals surface area contributed by atoms with Crippen molar-refractivity contribution in [1.82, 2.24) is 10.2 Å². The Morgan fingerprint density at radius 3 is 2.59 bits per heavy atom. The molecule has 0 saturated heterocycles. The number of amides is 1. The van der Waals surface area contributed by atoms with Crippen LogP contribution in [0.4, 0.5) is 0 Å². The number of hydrogen-bond donors (Lipinski definition) is 1. The maximum Gasteiger partial charge on any atom is 0.240 e. The maximum atomic E-state index is 11.7. The monoisotopic (exact) mass is 241 g/mol. The summed E-state index contributed by atoms with van der Waals surface area (Å²) < 4.78 is 5.34. The molecular formula is C12H23N3O2. The van der Waals surface area contributed by atoms with Gasteiger partial charge in [-0.1, -0.05) is 6.92 Å². The Kier molecular flexibility index (Phi) is 7.51. The molecule has 0 bridgehead atoms. The largest absolute Gasteiger partial charge is 0.378 e. The third-order valence-electron chi connectivity index (χ3n) is 2.67. The zero-order chi connectivity index (χ0) is 13.3. The molecule has 0 aromatic heterocycles. The minimum absolute atomic E-state index is 0.223. The molecule has 0 aliphatic carbocycles. The highest BCUT2D eigenvalue weighted by Crippen LogP contribution is 2.19. The van der Waals surface area contributed by atoms with E-state index in [-0.39, 0.29) is 5.91 Å². The molecule has 1 atom stereocenters. The molecule has 0 fully saturated rings. The molecule has 1 N–H and O–H groups in total. The van der Waals surface area contributed by atoms with Gasteiger partial charge < -0.3 is 15.0 Å². The highest BCUT2D eigenvalue weighted by Gasteiger charge is 2.30. The first-order chi connectivity index (χ1) is 7.96. The first kappa shape index (κ1) is 15.9. The Hall–Kier alpha value is -1.12. The van der Waals surface area contributed by atoms with E-state index in [0.29, 0.717) is 26.2 Å². The number of likely N-dealkylation sites (N-methyl/N-ethyl adjacent to an activating group) is 1. The second-order valence-electron chi connectivity index (χ2n) is 4.47. The maximum absolute atomic E-state index is 11.7. The summed E-state index contributed by atoms with van der Waals surface area (Å²) in [7, 11) is 3.95. The van der Waals surface area contributed by atoms with Crippen LogP contribution in [0.15, 0.2) is 0 Å². The molecule has 0 aliphatic rings. The molecule has 5 nitrogen and oxygen atoms in total. The Balaban J connectivity index is 3.69. The summed E-state index contributed by atoms with van der Waals surface area (Å²) in [6, 6.07) is 2.04. The van der Waals surface area contributed by atoms with Crippen LogP contribution in [0.5, 0.6) is 0 Å². The molecule has 17 heavy (non-hydrogen) atoms. The van der Waals surface area contributed by atoms with Gasteiger partial charge in [-0.25, -0.2) is 0 Å². The molecule has 1 unspecified atom stereocenters. The fourth-order valence-corrected chi connectivity index (χ4v) is 1.07. The zero-order valence-electron chi connectivity index (χ0n) is 11.2. The lowest BCUT2D eigenvalue weighted by atomic mass is 9.88. The normalized spacial score (nSPS) is 14.1. The molecule has 0 aromatic carbocycles. The summed E-state index contributed by atoms with van der Waals surface area (Å²) in [6.45, 7) is 5.91. The molecule has 0 aliphatic heterocycles. The van der Waals surface area contributed by atoms with E-state index in [1.807, 2.05) is 32.0 Å². The van der Waals surface area contributed by atoms with Crippen LogP contribution in [-0.2, 0) is 9.53 Å². The fraction of sp³-hybridized carbons (Fsp3) is 0.833. The highest BCUT2D eigenvalue weighted by atomic mass is 16.5. The molecule has 0 saturated carbocycles. The summed E-state index contributed by atoms with van der Waals surface area (Å²) in [5.41, 5.74) is -0.927. The van der Waals surface area contributed by atoms with Crippen molar-refractivity contribution in [2.24, 2.45) is 5.41 Å². The van der Waals surface area contributed by atoms with Crippen LogP contribution in [0.3, 0.4) is 0 Å². The SMILES string of the molecule is CCC(C)(C#N)C(=O)NCCOCCN(C)C. The van der Waals surface area contributed by atoms with E-state index in [2.05, 4.69) is 5.32 Å². The minimum atomic E-state index is -0.927. The average molecular weight is 241 g/mol. The predicted molar refractivity (Wildman–Crippen MR) is 66.4 cm³/mol. The van der Waals surface area contributed by atoms with Crippen molar-refractivity contribution in [1.29, 1.82) is 5.26 Å². The number of rotatable bonds is 8. The van der Waals surface area contributed by atoms with Gasteiger partial charge in [0.15, 0.2) is 0 Å². The van der Waals surface area contributed by atoms with Crippen molar-refractivity contribution >= 4 is 5.91 Å². The number of nitrogens with zero attached hydrogens (tertiary/aromatic N) is 2. The second-order valence-corrected chi connectivity index (χ2v) is 4.47. The second kappa shape index (κ2) is 8.04. The summed E-state index contributed by atoms with van der Waals surface area (Å²) in [5.74, 6) is -0.223.